The Balaban J connectivity index is 1.68. The van der Waals surface area contributed by atoms with E-state index in [1.54, 1.807) is 6.20 Å². The Morgan fingerprint density at radius 3 is 2.67 bits per heavy atom. The number of carbonyl (C=O) groups excluding carboxylic acids is 1. The Labute approximate surface area is 159 Å². The summed E-state index contributed by atoms with van der Waals surface area (Å²) in [6, 6.07) is 15.9. The van der Waals surface area contributed by atoms with Crippen LogP contribution in [0.2, 0.25) is 0 Å². The van der Waals surface area contributed by atoms with Crippen molar-refractivity contribution >= 4 is 28.2 Å². The molecule has 1 N–H and O–H groups in total. The smallest absolute Gasteiger partial charge is 0.257 e. The highest BCUT2D eigenvalue weighted by Crippen LogP contribution is 2.28. The van der Waals surface area contributed by atoms with Gasteiger partial charge in [0.25, 0.3) is 5.91 Å². The molecule has 2 heterocycles. The molecule has 2 aromatic carbocycles. The number of hydrogen-bond acceptors (Lipinski definition) is 4. The van der Waals surface area contributed by atoms with Gasteiger partial charge in [0.1, 0.15) is 5.82 Å². The lowest BCUT2D eigenvalue weighted by molar-refractivity contribution is 0.102. The maximum atomic E-state index is 12.9. The zero-order valence-electron chi connectivity index (χ0n) is 15.4. The lowest BCUT2D eigenvalue weighted by atomic mass is 10.1. The van der Waals surface area contributed by atoms with Crippen LogP contribution < -0.4 is 10.2 Å². The van der Waals surface area contributed by atoms with Gasteiger partial charge in [-0.2, -0.15) is 0 Å². The van der Waals surface area contributed by atoms with E-state index in [0.717, 1.165) is 41.8 Å². The zero-order chi connectivity index (χ0) is 18.6. The van der Waals surface area contributed by atoms with E-state index >= 15 is 0 Å². The van der Waals surface area contributed by atoms with Crippen molar-refractivity contribution in [3.63, 3.8) is 0 Å². The molecule has 27 heavy (non-hydrogen) atoms. The fraction of sp³-hybridized carbons (Fsp3) is 0.273. The SMILES string of the molecule is CCc1cccc(NC(=O)c2cnc(N3CCOCC3)c3ccccc23)c1. The molecule has 1 aromatic heterocycles. The van der Waals surface area contributed by atoms with E-state index in [-0.39, 0.29) is 5.91 Å². The molecule has 0 aliphatic carbocycles. The minimum atomic E-state index is -0.138. The average Bonchev–Trinajstić information content (AvgIpc) is 2.73. The number of carbonyl (C=O) groups is 1. The predicted molar refractivity (Wildman–Crippen MR) is 109 cm³/mol. The number of nitrogens with one attached hydrogen (secondary N) is 1. The summed E-state index contributed by atoms with van der Waals surface area (Å²) in [5, 5.41) is 4.92. The molecule has 0 saturated carbocycles. The van der Waals surface area contributed by atoms with Gasteiger partial charge in [-0.15, -0.1) is 0 Å². The summed E-state index contributed by atoms with van der Waals surface area (Å²) in [7, 11) is 0. The predicted octanol–water partition coefficient (Wildman–Crippen LogP) is 3.89. The number of nitrogens with zero attached hydrogens (tertiary/aromatic N) is 2. The molecule has 1 amide bonds. The van der Waals surface area contributed by atoms with Gasteiger partial charge in [-0.1, -0.05) is 43.3 Å². The Morgan fingerprint density at radius 1 is 1.11 bits per heavy atom. The molecule has 1 fully saturated rings. The van der Waals surface area contributed by atoms with Crippen LogP contribution in [0.4, 0.5) is 11.5 Å². The van der Waals surface area contributed by atoms with Crippen LogP contribution in [0, 0.1) is 0 Å². The maximum absolute atomic E-state index is 12.9. The highest BCUT2D eigenvalue weighted by Gasteiger charge is 2.19. The van der Waals surface area contributed by atoms with Crippen molar-refractivity contribution in [2.75, 3.05) is 36.5 Å². The number of amides is 1. The van der Waals surface area contributed by atoms with Crippen molar-refractivity contribution in [2.45, 2.75) is 13.3 Å². The lowest BCUT2D eigenvalue weighted by Gasteiger charge is -2.29. The van der Waals surface area contributed by atoms with E-state index in [1.807, 2.05) is 42.5 Å². The Kier molecular flexibility index (Phi) is 5.03. The number of aromatic nitrogens is 1. The summed E-state index contributed by atoms with van der Waals surface area (Å²) in [6.45, 7) is 5.12. The standard InChI is InChI=1S/C22H23N3O2/c1-2-16-6-5-7-17(14-16)24-22(26)20-15-23-21(25-10-12-27-13-11-25)19-9-4-3-8-18(19)20/h3-9,14-15H,2,10-13H2,1H3,(H,24,26). The second kappa shape index (κ2) is 7.76. The molecule has 1 aliphatic rings. The van der Waals surface area contributed by atoms with Gasteiger partial charge >= 0.3 is 0 Å². The summed E-state index contributed by atoms with van der Waals surface area (Å²) >= 11 is 0. The van der Waals surface area contributed by atoms with Crippen LogP contribution in [-0.2, 0) is 11.2 Å². The quantitative estimate of drug-likeness (QED) is 0.766. The minimum Gasteiger partial charge on any atom is -0.378 e. The molecule has 0 spiro atoms. The number of ether oxygens (including phenoxy) is 1. The molecular weight excluding hydrogens is 338 g/mol. The lowest BCUT2D eigenvalue weighted by Crippen LogP contribution is -2.37. The Hall–Kier alpha value is -2.92. The van der Waals surface area contributed by atoms with Gasteiger partial charge in [0.2, 0.25) is 0 Å². The molecule has 5 heteroatoms. The number of rotatable bonds is 4. The van der Waals surface area contributed by atoms with Gasteiger partial charge in [0.05, 0.1) is 18.8 Å². The average molecular weight is 361 g/mol. The minimum absolute atomic E-state index is 0.138. The molecule has 3 aromatic rings. The number of fused-ring (bicyclic) bond motifs is 1. The van der Waals surface area contributed by atoms with E-state index in [9.17, 15) is 4.79 Å². The molecular formula is C22H23N3O2. The van der Waals surface area contributed by atoms with E-state index in [2.05, 4.69) is 28.2 Å². The Bertz CT molecular complexity index is 965. The monoisotopic (exact) mass is 361 g/mol. The van der Waals surface area contributed by atoms with Gasteiger partial charge in [-0.25, -0.2) is 4.98 Å². The third kappa shape index (κ3) is 3.64. The zero-order valence-corrected chi connectivity index (χ0v) is 15.4. The molecule has 0 unspecified atom stereocenters. The van der Waals surface area contributed by atoms with Crippen molar-refractivity contribution in [2.24, 2.45) is 0 Å². The van der Waals surface area contributed by atoms with Crippen molar-refractivity contribution < 1.29 is 9.53 Å². The van der Waals surface area contributed by atoms with Gasteiger partial charge in [0.15, 0.2) is 0 Å². The molecule has 4 rings (SSSR count). The number of pyridine rings is 1. The first kappa shape index (κ1) is 17.5. The van der Waals surface area contributed by atoms with Crippen LogP contribution in [0.3, 0.4) is 0 Å². The molecule has 0 radical (unpaired) electrons. The Morgan fingerprint density at radius 2 is 1.89 bits per heavy atom. The third-order valence-electron chi connectivity index (χ3n) is 4.92. The molecule has 1 aliphatic heterocycles. The first-order valence-electron chi connectivity index (χ1n) is 9.37. The highest BCUT2D eigenvalue weighted by molar-refractivity contribution is 6.14. The van der Waals surface area contributed by atoms with Gasteiger partial charge in [-0.3, -0.25) is 4.79 Å². The van der Waals surface area contributed by atoms with Crippen molar-refractivity contribution in [3.8, 4) is 0 Å². The van der Waals surface area contributed by atoms with Gasteiger partial charge < -0.3 is 15.0 Å². The summed E-state index contributed by atoms with van der Waals surface area (Å²) < 4.78 is 5.45. The second-order valence-corrected chi connectivity index (χ2v) is 6.65. The van der Waals surface area contributed by atoms with Crippen LogP contribution in [0.15, 0.2) is 54.7 Å². The van der Waals surface area contributed by atoms with Crippen LogP contribution in [0.5, 0.6) is 0 Å². The molecule has 138 valence electrons. The third-order valence-corrected chi connectivity index (χ3v) is 4.92. The fourth-order valence-electron chi connectivity index (χ4n) is 3.45. The van der Waals surface area contributed by atoms with Crippen LogP contribution in [0.25, 0.3) is 10.8 Å². The highest BCUT2D eigenvalue weighted by atomic mass is 16.5. The van der Waals surface area contributed by atoms with Crippen LogP contribution in [-0.4, -0.2) is 37.2 Å². The van der Waals surface area contributed by atoms with E-state index in [4.69, 9.17) is 4.74 Å². The van der Waals surface area contributed by atoms with E-state index in [0.29, 0.717) is 18.8 Å². The first-order valence-corrected chi connectivity index (χ1v) is 9.37. The molecule has 0 bridgehead atoms. The van der Waals surface area contributed by atoms with Crippen molar-refractivity contribution in [1.29, 1.82) is 0 Å². The molecule has 0 atom stereocenters. The van der Waals surface area contributed by atoms with Crippen molar-refractivity contribution in [3.05, 3.63) is 65.9 Å². The number of anilines is 2. The molecule has 1 saturated heterocycles. The summed E-state index contributed by atoms with van der Waals surface area (Å²) in [5.41, 5.74) is 2.59. The van der Waals surface area contributed by atoms with Crippen LogP contribution >= 0.6 is 0 Å². The topological polar surface area (TPSA) is 54.5 Å². The summed E-state index contributed by atoms with van der Waals surface area (Å²) in [5.74, 6) is 0.777. The number of morpholine rings is 1. The van der Waals surface area contributed by atoms with Gasteiger partial charge in [-0.05, 0) is 29.5 Å². The first-order chi connectivity index (χ1) is 13.3. The number of benzene rings is 2. The largest absolute Gasteiger partial charge is 0.378 e. The van der Waals surface area contributed by atoms with Crippen LogP contribution in [0.1, 0.15) is 22.8 Å². The van der Waals surface area contributed by atoms with E-state index < -0.39 is 0 Å². The normalized spacial score (nSPS) is 14.3. The van der Waals surface area contributed by atoms with Crippen molar-refractivity contribution in [1.82, 2.24) is 4.98 Å². The summed E-state index contributed by atoms with van der Waals surface area (Å²) in [4.78, 5) is 19.8. The fourth-order valence-corrected chi connectivity index (χ4v) is 3.45. The number of aryl methyl sites for hydroxylation is 1. The summed E-state index contributed by atoms with van der Waals surface area (Å²) in [6.07, 6.45) is 2.62. The second-order valence-electron chi connectivity index (χ2n) is 6.65. The van der Waals surface area contributed by atoms with E-state index in [1.165, 1.54) is 5.56 Å². The maximum Gasteiger partial charge on any atom is 0.257 e. The molecule has 5 nitrogen and oxygen atoms in total. The number of hydrogen-bond donors (Lipinski definition) is 1. The van der Waals surface area contributed by atoms with Gasteiger partial charge in [0, 0.05) is 30.4 Å².